The first-order chi connectivity index (χ1) is 10.3. The molecule has 0 unspecified atom stereocenters. The number of thiophene rings is 2. The topological polar surface area (TPSA) is 15.3 Å². The van der Waals surface area contributed by atoms with Crippen molar-refractivity contribution in [2.75, 3.05) is 26.2 Å². The van der Waals surface area contributed by atoms with E-state index < -0.39 is 0 Å². The maximum Gasteiger partial charge on any atom is 0.0351 e. The summed E-state index contributed by atoms with van der Waals surface area (Å²) in [4.78, 5) is 5.39. The molecule has 0 radical (unpaired) electrons. The number of likely N-dealkylation sites (tertiary alicyclic amines) is 1. The van der Waals surface area contributed by atoms with E-state index in [1.54, 1.807) is 0 Å². The molecule has 114 valence electrons. The summed E-state index contributed by atoms with van der Waals surface area (Å²) in [6.07, 6.45) is 2.71. The third-order valence-corrected chi connectivity index (χ3v) is 6.20. The lowest BCUT2D eigenvalue weighted by Gasteiger charge is -2.31. The smallest absolute Gasteiger partial charge is 0.0351 e. The molecule has 0 saturated carbocycles. The first-order valence-corrected chi connectivity index (χ1v) is 9.65. The fourth-order valence-corrected chi connectivity index (χ4v) is 4.59. The van der Waals surface area contributed by atoms with Crippen LogP contribution in [0.15, 0.2) is 29.0 Å². The van der Waals surface area contributed by atoms with Crippen molar-refractivity contribution in [3.8, 4) is 10.4 Å². The van der Waals surface area contributed by atoms with Crippen LogP contribution >= 0.6 is 22.7 Å². The molecule has 1 saturated heterocycles. The highest BCUT2D eigenvalue weighted by Gasteiger charge is 2.17. The number of piperidine rings is 1. The molecule has 1 N–H and O–H groups in total. The van der Waals surface area contributed by atoms with Crippen LogP contribution in [0.1, 0.15) is 24.6 Å². The third kappa shape index (κ3) is 4.16. The van der Waals surface area contributed by atoms with Crippen molar-refractivity contribution in [2.24, 2.45) is 5.92 Å². The molecule has 0 atom stereocenters. The van der Waals surface area contributed by atoms with Crippen molar-refractivity contribution < 1.29 is 0 Å². The van der Waals surface area contributed by atoms with Gasteiger partial charge in [0, 0.05) is 21.9 Å². The van der Waals surface area contributed by atoms with E-state index in [1.807, 2.05) is 22.7 Å². The average molecular weight is 321 g/mol. The zero-order chi connectivity index (χ0) is 14.5. The Morgan fingerprint density at radius 2 is 2.14 bits per heavy atom. The highest BCUT2D eigenvalue weighted by molar-refractivity contribution is 7.14. The zero-order valence-corrected chi connectivity index (χ0v) is 14.3. The van der Waals surface area contributed by atoms with Crippen molar-refractivity contribution in [3.63, 3.8) is 0 Å². The normalized spacial score (nSPS) is 17.4. The molecule has 1 aliphatic rings. The molecule has 21 heavy (non-hydrogen) atoms. The summed E-state index contributed by atoms with van der Waals surface area (Å²) in [5.74, 6) is 0.865. The molecular formula is C17H24N2S2. The maximum absolute atomic E-state index is 3.66. The lowest BCUT2D eigenvalue weighted by atomic mass is 9.97. The van der Waals surface area contributed by atoms with Gasteiger partial charge in [0.2, 0.25) is 0 Å². The molecule has 3 heterocycles. The van der Waals surface area contributed by atoms with Crippen LogP contribution in [-0.2, 0) is 6.54 Å². The molecule has 0 aliphatic carbocycles. The fraction of sp³-hybridized carbons (Fsp3) is 0.529. The third-order valence-electron chi connectivity index (χ3n) is 4.35. The first kappa shape index (κ1) is 15.2. The molecule has 1 aliphatic heterocycles. The lowest BCUT2D eigenvalue weighted by molar-refractivity contribution is 0.190. The predicted octanol–water partition coefficient (Wildman–Crippen LogP) is 4.30. The quantitative estimate of drug-likeness (QED) is 0.854. The molecule has 0 amide bonds. The summed E-state index contributed by atoms with van der Waals surface area (Å²) in [7, 11) is 0. The Kier molecular flexibility index (Phi) is 5.47. The lowest BCUT2D eigenvalue weighted by Crippen LogP contribution is -2.36. The summed E-state index contributed by atoms with van der Waals surface area (Å²) >= 11 is 3.69. The second-order valence-electron chi connectivity index (χ2n) is 5.79. The van der Waals surface area contributed by atoms with Crippen LogP contribution in [0.4, 0.5) is 0 Å². The predicted molar refractivity (Wildman–Crippen MR) is 94.2 cm³/mol. The highest BCUT2D eigenvalue weighted by Crippen LogP contribution is 2.29. The van der Waals surface area contributed by atoms with E-state index in [-0.39, 0.29) is 0 Å². The van der Waals surface area contributed by atoms with E-state index in [4.69, 9.17) is 0 Å². The van der Waals surface area contributed by atoms with Gasteiger partial charge in [0.25, 0.3) is 0 Å². The van der Waals surface area contributed by atoms with E-state index in [2.05, 4.69) is 46.1 Å². The Morgan fingerprint density at radius 3 is 2.86 bits per heavy atom. The van der Waals surface area contributed by atoms with Crippen LogP contribution in [-0.4, -0.2) is 31.1 Å². The monoisotopic (exact) mass is 320 g/mol. The minimum Gasteiger partial charge on any atom is -0.312 e. The minimum atomic E-state index is 0.865. The standard InChI is InChI=1S/C17H24N2S2/c1-2-19-7-5-14(6-8-19)11-18-12-16-10-15(13-21-16)17-4-3-9-20-17/h3-4,9-10,13-14,18H,2,5-8,11-12H2,1H3. The molecule has 4 heteroatoms. The Bertz CT molecular complexity index is 525. The van der Waals surface area contributed by atoms with Crippen LogP contribution in [0.25, 0.3) is 10.4 Å². The van der Waals surface area contributed by atoms with Gasteiger partial charge in [0.05, 0.1) is 0 Å². The average Bonchev–Trinajstić information content (AvgIpc) is 3.19. The van der Waals surface area contributed by atoms with Gasteiger partial charge in [-0.3, -0.25) is 0 Å². The SMILES string of the molecule is CCN1CCC(CNCc2cc(-c3cccs3)cs2)CC1. The number of rotatable bonds is 6. The Hall–Kier alpha value is -0.680. The molecule has 0 aromatic carbocycles. The Morgan fingerprint density at radius 1 is 1.29 bits per heavy atom. The van der Waals surface area contributed by atoms with E-state index in [0.717, 1.165) is 12.5 Å². The molecule has 3 rings (SSSR count). The Labute approximate surface area is 135 Å². The van der Waals surface area contributed by atoms with Gasteiger partial charge in [0.15, 0.2) is 0 Å². The van der Waals surface area contributed by atoms with Gasteiger partial charge < -0.3 is 10.2 Å². The molecule has 2 aromatic heterocycles. The molecule has 1 fully saturated rings. The van der Waals surface area contributed by atoms with Crippen molar-refractivity contribution in [2.45, 2.75) is 26.3 Å². The van der Waals surface area contributed by atoms with Crippen molar-refractivity contribution >= 4 is 22.7 Å². The summed E-state index contributed by atoms with van der Waals surface area (Å²) < 4.78 is 0. The summed E-state index contributed by atoms with van der Waals surface area (Å²) in [5, 5.41) is 8.08. The van der Waals surface area contributed by atoms with Gasteiger partial charge >= 0.3 is 0 Å². The van der Waals surface area contributed by atoms with Crippen LogP contribution in [0.3, 0.4) is 0 Å². The van der Waals surface area contributed by atoms with Crippen LogP contribution in [0.5, 0.6) is 0 Å². The second-order valence-corrected chi connectivity index (χ2v) is 7.73. The van der Waals surface area contributed by atoms with Crippen LogP contribution in [0.2, 0.25) is 0 Å². The van der Waals surface area contributed by atoms with Crippen molar-refractivity contribution in [1.29, 1.82) is 0 Å². The van der Waals surface area contributed by atoms with E-state index in [0.29, 0.717) is 0 Å². The van der Waals surface area contributed by atoms with Crippen LogP contribution < -0.4 is 5.32 Å². The van der Waals surface area contributed by atoms with E-state index >= 15 is 0 Å². The molecule has 2 aromatic rings. The molecule has 0 spiro atoms. The number of nitrogens with zero attached hydrogens (tertiary/aromatic N) is 1. The summed E-state index contributed by atoms with van der Waals surface area (Å²) in [6.45, 7) is 8.23. The maximum atomic E-state index is 3.66. The van der Waals surface area contributed by atoms with Gasteiger partial charge in [-0.05, 0) is 67.8 Å². The molecule has 0 bridgehead atoms. The van der Waals surface area contributed by atoms with Gasteiger partial charge in [-0.25, -0.2) is 0 Å². The fourth-order valence-electron chi connectivity index (χ4n) is 2.95. The largest absolute Gasteiger partial charge is 0.312 e. The summed E-state index contributed by atoms with van der Waals surface area (Å²) in [6, 6.07) is 6.66. The zero-order valence-electron chi connectivity index (χ0n) is 12.7. The minimum absolute atomic E-state index is 0.865. The number of hydrogen-bond acceptors (Lipinski definition) is 4. The van der Waals surface area contributed by atoms with Crippen molar-refractivity contribution in [3.05, 3.63) is 33.8 Å². The number of nitrogens with one attached hydrogen (secondary N) is 1. The second kappa shape index (κ2) is 7.54. The van der Waals surface area contributed by atoms with E-state index in [1.165, 1.54) is 54.3 Å². The van der Waals surface area contributed by atoms with Gasteiger partial charge in [-0.2, -0.15) is 0 Å². The summed E-state index contributed by atoms with van der Waals surface area (Å²) in [5.41, 5.74) is 1.38. The highest BCUT2D eigenvalue weighted by atomic mass is 32.1. The van der Waals surface area contributed by atoms with Gasteiger partial charge in [-0.1, -0.05) is 13.0 Å². The van der Waals surface area contributed by atoms with Gasteiger partial charge in [-0.15, -0.1) is 22.7 Å². The Balaban J connectivity index is 1.42. The first-order valence-electron chi connectivity index (χ1n) is 7.89. The molecule has 2 nitrogen and oxygen atoms in total. The van der Waals surface area contributed by atoms with Gasteiger partial charge in [0.1, 0.15) is 0 Å². The van der Waals surface area contributed by atoms with E-state index in [9.17, 15) is 0 Å². The van der Waals surface area contributed by atoms with Crippen molar-refractivity contribution in [1.82, 2.24) is 10.2 Å². The number of hydrogen-bond donors (Lipinski definition) is 1. The molecular weight excluding hydrogens is 296 g/mol. The van der Waals surface area contributed by atoms with Crippen LogP contribution in [0, 0.1) is 5.92 Å².